The van der Waals surface area contributed by atoms with Gasteiger partial charge < -0.3 is 15.0 Å². The van der Waals surface area contributed by atoms with E-state index in [9.17, 15) is 4.79 Å². The quantitative estimate of drug-likeness (QED) is 0.680. The maximum absolute atomic E-state index is 12.0. The molecule has 2 aromatic carbocycles. The van der Waals surface area contributed by atoms with Crippen molar-refractivity contribution in [2.45, 2.75) is 26.4 Å². The highest BCUT2D eigenvalue weighted by molar-refractivity contribution is 6.30. The minimum absolute atomic E-state index is 0.0168. The number of hydrogen-bond acceptors (Lipinski definition) is 4. The zero-order chi connectivity index (χ0) is 20.5. The number of benzene rings is 2. The van der Waals surface area contributed by atoms with Gasteiger partial charge in [-0.05, 0) is 41.9 Å². The predicted octanol–water partition coefficient (Wildman–Crippen LogP) is 3.56. The van der Waals surface area contributed by atoms with Gasteiger partial charge in [-0.15, -0.1) is 0 Å². The molecule has 3 rings (SSSR count). The normalized spacial score (nSPS) is 15.2. The summed E-state index contributed by atoms with van der Waals surface area (Å²) in [6.45, 7) is 9.80. The Bertz CT molecular complexity index is 757. The predicted molar refractivity (Wildman–Crippen MR) is 117 cm³/mol. The third-order valence-corrected chi connectivity index (χ3v) is 5.49. The fourth-order valence-electron chi connectivity index (χ4n) is 3.37. The molecule has 0 unspecified atom stereocenters. The molecule has 1 aliphatic heterocycles. The van der Waals surface area contributed by atoms with Crippen LogP contribution in [0.4, 0.5) is 0 Å². The van der Waals surface area contributed by atoms with Crippen molar-refractivity contribution < 1.29 is 9.53 Å². The number of carbonyl (C=O) groups excluding carboxylic acids is 1. The zero-order valence-electron chi connectivity index (χ0n) is 17.1. The maximum Gasteiger partial charge on any atom is 0.223 e. The van der Waals surface area contributed by atoms with Crippen LogP contribution in [-0.2, 0) is 17.9 Å². The fraction of sp³-hybridized carbons (Fsp3) is 0.435. The van der Waals surface area contributed by atoms with Crippen LogP contribution in [0.1, 0.15) is 24.5 Å². The molecule has 0 saturated carbocycles. The van der Waals surface area contributed by atoms with Gasteiger partial charge in [0.05, 0.1) is 13.0 Å². The third kappa shape index (κ3) is 7.35. The molecule has 0 bridgehead atoms. The molecule has 0 aliphatic carbocycles. The highest BCUT2D eigenvalue weighted by Gasteiger charge is 2.15. The first-order valence-electron chi connectivity index (χ1n) is 10.3. The van der Waals surface area contributed by atoms with E-state index < -0.39 is 0 Å². The van der Waals surface area contributed by atoms with Crippen LogP contribution in [0, 0.1) is 0 Å². The van der Waals surface area contributed by atoms with E-state index in [2.05, 4.69) is 46.3 Å². The van der Waals surface area contributed by atoms with Crippen LogP contribution in [0.15, 0.2) is 48.5 Å². The van der Waals surface area contributed by atoms with Crippen molar-refractivity contribution in [2.24, 2.45) is 0 Å². The Morgan fingerprint density at radius 1 is 0.966 bits per heavy atom. The van der Waals surface area contributed by atoms with Crippen molar-refractivity contribution in [3.8, 4) is 5.75 Å². The number of nitrogens with zero attached hydrogens (tertiary/aromatic N) is 2. The van der Waals surface area contributed by atoms with Crippen molar-refractivity contribution in [3.63, 3.8) is 0 Å². The average molecular weight is 416 g/mol. The Kier molecular flexibility index (Phi) is 8.35. The molecule has 6 heteroatoms. The van der Waals surface area contributed by atoms with Crippen molar-refractivity contribution in [1.82, 2.24) is 15.1 Å². The highest BCUT2D eigenvalue weighted by Crippen LogP contribution is 2.15. The smallest absolute Gasteiger partial charge is 0.223 e. The van der Waals surface area contributed by atoms with Gasteiger partial charge in [-0.25, -0.2) is 0 Å². The van der Waals surface area contributed by atoms with E-state index in [0.29, 0.717) is 30.3 Å². The second kappa shape index (κ2) is 11.2. The van der Waals surface area contributed by atoms with E-state index in [4.69, 9.17) is 16.3 Å². The molecule has 0 spiro atoms. The van der Waals surface area contributed by atoms with Gasteiger partial charge in [-0.3, -0.25) is 9.69 Å². The number of carbonyl (C=O) groups is 1. The van der Waals surface area contributed by atoms with Crippen LogP contribution >= 0.6 is 11.6 Å². The summed E-state index contributed by atoms with van der Waals surface area (Å²) in [5.41, 5.74) is 2.43. The first kappa shape index (κ1) is 21.6. The molecule has 1 aliphatic rings. The molecular formula is C23H30ClN3O2. The zero-order valence-corrected chi connectivity index (χ0v) is 17.8. The van der Waals surface area contributed by atoms with Gasteiger partial charge in [-0.1, -0.05) is 42.8 Å². The van der Waals surface area contributed by atoms with Crippen LogP contribution in [0.2, 0.25) is 5.02 Å². The first-order valence-corrected chi connectivity index (χ1v) is 10.7. The molecule has 1 N–H and O–H groups in total. The number of likely N-dealkylation sites (N-methyl/N-ethyl adjacent to an activating group) is 1. The van der Waals surface area contributed by atoms with E-state index in [1.807, 2.05) is 0 Å². The highest BCUT2D eigenvalue weighted by atomic mass is 35.5. The van der Waals surface area contributed by atoms with Crippen molar-refractivity contribution in [1.29, 1.82) is 0 Å². The number of halogens is 1. The first-order chi connectivity index (χ1) is 14.1. The number of ether oxygens (including phenoxy) is 1. The monoisotopic (exact) mass is 415 g/mol. The lowest BCUT2D eigenvalue weighted by Gasteiger charge is -2.34. The summed E-state index contributed by atoms with van der Waals surface area (Å²) < 4.78 is 5.56. The van der Waals surface area contributed by atoms with Gasteiger partial charge >= 0.3 is 0 Å². The minimum atomic E-state index is -0.0168. The molecule has 5 nitrogen and oxygen atoms in total. The van der Waals surface area contributed by atoms with E-state index in [0.717, 1.165) is 44.8 Å². The Balaban J connectivity index is 1.34. The topological polar surface area (TPSA) is 44.8 Å². The molecule has 2 aromatic rings. The second-order valence-electron chi connectivity index (χ2n) is 7.36. The number of nitrogens with one attached hydrogen (secondary N) is 1. The molecule has 0 aromatic heterocycles. The standard InChI is InChI=1S/C23H30ClN3O2/c1-2-26-12-14-27(15-13-26)18-20-5-3-19(4-6-20)17-25-23(28)11-16-29-22-9-7-21(24)8-10-22/h3-10H,2,11-18H2,1H3,(H,25,28). The number of piperazine rings is 1. The van der Waals surface area contributed by atoms with Gasteiger partial charge in [0.25, 0.3) is 0 Å². The van der Waals surface area contributed by atoms with Gasteiger partial charge in [-0.2, -0.15) is 0 Å². The number of hydrogen-bond donors (Lipinski definition) is 1. The molecular weight excluding hydrogens is 386 g/mol. The Hall–Kier alpha value is -2.08. The molecule has 156 valence electrons. The summed E-state index contributed by atoms with van der Waals surface area (Å²) in [6.07, 6.45) is 0.324. The van der Waals surface area contributed by atoms with Crippen LogP contribution in [0.5, 0.6) is 5.75 Å². The van der Waals surface area contributed by atoms with E-state index >= 15 is 0 Å². The van der Waals surface area contributed by atoms with E-state index in [1.54, 1.807) is 24.3 Å². The number of amides is 1. The van der Waals surface area contributed by atoms with Gasteiger partial charge in [0, 0.05) is 44.3 Å². The van der Waals surface area contributed by atoms with Crippen LogP contribution in [-0.4, -0.2) is 55.0 Å². The Labute approximate surface area is 178 Å². The van der Waals surface area contributed by atoms with Crippen molar-refractivity contribution in [2.75, 3.05) is 39.3 Å². The molecule has 1 amide bonds. The van der Waals surface area contributed by atoms with Crippen LogP contribution in [0.25, 0.3) is 0 Å². The van der Waals surface area contributed by atoms with Gasteiger partial charge in [0.15, 0.2) is 0 Å². The summed E-state index contributed by atoms with van der Waals surface area (Å²) in [6, 6.07) is 15.7. The van der Waals surface area contributed by atoms with E-state index in [1.165, 1.54) is 5.56 Å². The molecule has 0 radical (unpaired) electrons. The minimum Gasteiger partial charge on any atom is -0.493 e. The largest absolute Gasteiger partial charge is 0.493 e. The summed E-state index contributed by atoms with van der Waals surface area (Å²) in [5, 5.41) is 3.62. The molecule has 29 heavy (non-hydrogen) atoms. The van der Waals surface area contributed by atoms with Gasteiger partial charge in [0.2, 0.25) is 5.91 Å². The van der Waals surface area contributed by atoms with Crippen molar-refractivity contribution in [3.05, 3.63) is 64.7 Å². The van der Waals surface area contributed by atoms with Crippen LogP contribution in [0.3, 0.4) is 0 Å². The third-order valence-electron chi connectivity index (χ3n) is 5.24. The van der Waals surface area contributed by atoms with Gasteiger partial charge in [0.1, 0.15) is 5.75 Å². The summed E-state index contributed by atoms with van der Waals surface area (Å²) >= 11 is 5.84. The van der Waals surface area contributed by atoms with Crippen LogP contribution < -0.4 is 10.1 Å². The summed E-state index contributed by atoms with van der Waals surface area (Å²) in [5.74, 6) is 0.700. The molecule has 1 saturated heterocycles. The Morgan fingerprint density at radius 2 is 1.59 bits per heavy atom. The summed E-state index contributed by atoms with van der Waals surface area (Å²) in [7, 11) is 0. The molecule has 1 fully saturated rings. The lowest BCUT2D eigenvalue weighted by Crippen LogP contribution is -2.45. The average Bonchev–Trinajstić information content (AvgIpc) is 2.75. The lowest BCUT2D eigenvalue weighted by atomic mass is 10.1. The number of rotatable bonds is 9. The van der Waals surface area contributed by atoms with E-state index in [-0.39, 0.29) is 5.91 Å². The second-order valence-corrected chi connectivity index (χ2v) is 7.79. The fourth-order valence-corrected chi connectivity index (χ4v) is 3.49. The molecule has 1 heterocycles. The maximum atomic E-state index is 12.0. The SMILES string of the molecule is CCN1CCN(Cc2ccc(CNC(=O)CCOc3ccc(Cl)cc3)cc2)CC1. The molecule has 0 atom stereocenters. The van der Waals surface area contributed by atoms with Crippen molar-refractivity contribution >= 4 is 17.5 Å². The summed E-state index contributed by atoms with van der Waals surface area (Å²) in [4.78, 5) is 17.0. The lowest BCUT2D eigenvalue weighted by molar-refractivity contribution is -0.121. The Morgan fingerprint density at radius 3 is 2.24 bits per heavy atom.